The number of carbonyl (C=O) groups excluding carboxylic acids is 1. The standard InChI is InChI=1S/C13H17N3O3S/c17-11-6-9(12(18)19)7-15(11)5-2-10-8-20-13-14-3-1-4-16(10)13/h8-9H,1-7H2,(H,18,19)/p+1/t9-/m1/s1. The first-order chi connectivity index (χ1) is 9.65. The normalized spacial score (nSPS) is 21.7. The van der Waals surface area contributed by atoms with Gasteiger partial charge in [-0.1, -0.05) is 11.3 Å². The van der Waals surface area contributed by atoms with E-state index >= 15 is 0 Å². The molecule has 1 fully saturated rings. The van der Waals surface area contributed by atoms with Crippen LogP contribution < -0.4 is 9.88 Å². The molecule has 3 rings (SSSR count). The SMILES string of the molecule is O=C(O)[C@@H]1CC(=O)N(CCc2csc3[n+]2CCCN3)C1. The van der Waals surface area contributed by atoms with Crippen molar-refractivity contribution in [1.29, 1.82) is 0 Å². The van der Waals surface area contributed by atoms with Crippen molar-refractivity contribution in [2.24, 2.45) is 5.92 Å². The van der Waals surface area contributed by atoms with Crippen LogP contribution >= 0.6 is 11.3 Å². The number of amides is 1. The maximum absolute atomic E-state index is 11.8. The van der Waals surface area contributed by atoms with E-state index in [1.54, 1.807) is 16.2 Å². The van der Waals surface area contributed by atoms with Crippen LogP contribution in [0.2, 0.25) is 0 Å². The fourth-order valence-corrected chi connectivity index (χ4v) is 3.81. The second kappa shape index (κ2) is 5.40. The minimum Gasteiger partial charge on any atom is -0.481 e. The second-order valence-corrected chi connectivity index (χ2v) is 6.15. The fourth-order valence-electron chi connectivity index (χ4n) is 2.79. The summed E-state index contributed by atoms with van der Waals surface area (Å²) in [5.74, 6) is -1.44. The molecule has 1 atom stereocenters. The summed E-state index contributed by atoms with van der Waals surface area (Å²) in [5, 5.41) is 15.6. The van der Waals surface area contributed by atoms with E-state index in [0.717, 1.165) is 25.9 Å². The number of rotatable bonds is 4. The van der Waals surface area contributed by atoms with Gasteiger partial charge in [0.05, 0.1) is 19.0 Å². The summed E-state index contributed by atoms with van der Waals surface area (Å²) in [6.45, 7) is 3.00. The highest BCUT2D eigenvalue weighted by Crippen LogP contribution is 2.20. The number of fused-ring (bicyclic) bond motifs is 1. The van der Waals surface area contributed by atoms with Gasteiger partial charge in [-0.05, 0) is 0 Å². The van der Waals surface area contributed by atoms with Gasteiger partial charge in [0.1, 0.15) is 5.69 Å². The molecule has 0 bridgehead atoms. The zero-order chi connectivity index (χ0) is 14.1. The van der Waals surface area contributed by atoms with Gasteiger partial charge in [-0.25, -0.2) is 4.57 Å². The molecule has 0 saturated carbocycles. The number of carboxylic acids is 1. The van der Waals surface area contributed by atoms with Crippen LogP contribution in [0.5, 0.6) is 0 Å². The molecule has 1 saturated heterocycles. The van der Waals surface area contributed by atoms with Crippen molar-refractivity contribution in [3.8, 4) is 0 Å². The molecule has 3 heterocycles. The van der Waals surface area contributed by atoms with Crippen LogP contribution in [0, 0.1) is 5.92 Å². The van der Waals surface area contributed by atoms with Gasteiger partial charge in [-0.15, -0.1) is 0 Å². The number of hydrogen-bond acceptors (Lipinski definition) is 4. The predicted octanol–water partition coefficient (Wildman–Crippen LogP) is 0.327. The Morgan fingerprint density at radius 2 is 2.45 bits per heavy atom. The molecule has 0 aromatic carbocycles. The van der Waals surface area contributed by atoms with Crippen molar-refractivity contribution >= 4 is 28.3 Å². The van der Waals surface area contributed by atoms with Gasteiger partial charge in [0.2, 0.25) is 5.91 Å². The zero-order valence-electron chi connectivity index (χ0n) is 11.2. The molecule has 108 valence electrons. The summed E-state index contributed by atoms with van der Waals surface area (Å²) in [6.07, 6.45) is 2.05. The smallest absolute Gasteiger partial charge is 0.333 e. The molecule has 2 aliphatic heterocycles. The van der Waals surface area contributed by atoms with E-state index < -0.39 is 11.9 Å². The molecule has 1 aromatic heterocycles. The molecule has 0 radical (unpaired) electrons. The average Bonchev–Trinajstić information content (AvgIpc) is 3.00. The monoisotopic (exact) mass is 296 g/mol. The Kier molecular flexibility index (Phi) is 3.60. The number of aliphatic carboxylic acids is 1. The van der Waals surface area contributed by atoms with Gasteiger partial charge in [0, 0.05) is 37.7 Å². The average molecular weight is 296 g/mol. The minimum atomic E-state index is -0.868. The molecule has 1 aromatic rings. The largest absolute Gasteiger partial charge is 0.481 e. The van der Waals surface area contributed by atoms with Crippen molar-refractivity contribution in [3.05, 3.63) is 11.1 Å². The van der Waals surface area contributed by atoms with Crippen LogP contribution in [-0.2, 0) is 22.6 Å². The number of thiazole rings is 1. The van der Waals surface area contributed by atoms with Gasteiger partial charge in [0.25, 0.3) is 0 Å². The van der Waals surface area contributed by atoms with Gasteiger partial charge < -0.3 is 10.0 Å². The Hall–Kier alpha value is -1.63. The number of likely N-dealkylation sites (tertiary alicyclic amines) is 1. The van der Waals surface area contributed by atoms with E-state index in [0.29, 0.717) is 13.1 Å². The van der Waals surface area contributed by atoms with Crippen molar-refractivity contribution in [3.63, 3.8) is 0 Å². The highest BCUT2D eigenvalue weighted by atomic mass is 32.1. The first kappa shape index (κ1) is 13.4. The number of carbonyl (C=O) groups is 2. The van der Waals surface area contributed by atoms with E-state index in [1.165, 1.54) is 10.8 Å². The third kappa shape index (κ3) is 2.49. The Balaban J connectivity index is 1.61. The number of aromatic nitrogens is 1. The Labute approximate surface area is 121 Å². The first-order valence-corrected chi connectivity index (χ1v) is 7.78. The lowest BCUT2D eigenvalue weighted by molar-refractivity contribution is -0.689. The van der Waals surface area contributed by atoms with Crippen molar-refractivity contribution in [2.75, 3.05) is 25.0 Å². The first-order valence-electron chi connectivity index (χ1n) is 6.90. The van der Waals surface area contributed by atoms with Gasteiger partial charge in [-0.2, -0.15) is 0 Å². The van der Waals surface area contributed by atoms with Crippen LogP contribution in [0.15, 0.2) is 5.38 Å². The van der Waals surface area contributed by atoms with E-state index in [1.807, 2.05) is 0 Å². The number of nitrogens with one attached hydrogen (secondary N) is 1. The molecule has 0 aliphatic carbocycles. The summed E-state index contributed by atoms with van der Waals surface area (Å²) >= 11 is 1.70. The Bertz CT molecular complexity index is 543. The molecular formula is C13H18N3O3S+. The van der Waals surface area contributed by atoms with Gasteiger partial charge in [-0.3, -0.25) is 14.9 Å². The Morgan fingerprint density at radius 1 is 1.60 bits per heavy atom. The fraction of sp³-hybridized carbons (Fsp3) is 0.615. The molecule has 0 unspecified atom stereocenters. The highest BCUT2D eigenvalue weighted by molar-refractivity contribution is 7.13. The maximum atomic E-state index is 11.8. The Morgan fingerprint density at radius 3 is 3.20 bits per heavy atom. The highest BCUT2D eigenvalue weighted by Gasteiger charge is 2.34. The van der Waals surface area contributed by atoms with Crippen LogP contribution in [-0.4, -0.2) is 41.5 Å². The minimum absolute atomic E-state index is 0.0374. The van der Waals surface area contributed by atoms with Crippen molar-refractivity contribution < 1.29 is 19.3 Å². The predicted molar refractivity (Wildman–Crippen MR) is 73.6 cm³/mol. The third-order valence-electron chi connectivity index (χ3n) is 3.93. The lowest BCUT2D eigenvalue weighted by Crippen LogP contribution is -2.44. The number of anilines is 1. The maximum Gasteiger partial charge on any atom is 0.333 e. The summed E-state index contributed by atoms with van der Waals surface area (Å²) in [6, 6.07) is 0. The molecule has 6 nitrogen and oxygen atoms in total. The van der Waals surface area contributed by atoms with Crippen LogP contribution in [0.4, 0.5) is 5.13 Å². The lowest BCUT2D eigenvalue weighted by atomic mass is 10.1. The van der Waals surface area contributed by atoms with E-state index in [9.17, 15) is 9.59 Å². The van der Waals surface area contributed by atoms with Gasteiger partial charge >= 0.3 is 11.1 Å². The second-order valence-electron chi connectivity index (χ2n) is 5.29. The molecule has 20 heavy (non-hydrogen) atoms. The lowest BCUT2D eigenvalue weighted by Gasteiger charge is -2.16. The summed E-state index contributed by atoms with van der Waals surface area (Å²) in [4.78, 5) is 24.4. The summed E-state index contributed by atoms with van der Waals surface area (Å²) in [5.41, 5.74) is 1.23. The molecule has 1 amide bonds. The van der Waals surface area contributed by atoms with Crippen LogP contribution in [0.25, 0.3) is 0 Å². The van der Waals surface area contributed by atoms with E-state index in [2.05, 4.69) is 15.3 Å². The molecule has 2 N–H and O–H groups in total. The summed E-state index contributed by atoms with van der Waals surface area (Å²) in [7, 11) is 0. The van der Waals surface area contributed by atoms with Crippen LogP contribution in [0.3, 0.4) is 0 Å². The van der Waals surface area contributed by atoms with Crippen molar-refractivity contribution in [2.45, 2.75) is 25.8 Å². The molecule has 7 heteroatoms. The number of hydrogen-bond donors (Lipinski definition) is 2. The zero-order valence-corrected chi connectivity index (χ0v) is 12.0. The number of nitrogens with zero attached hydrogens (tertiary/aromatic N) is 2. The van der Waals surface area contributed by atoms with E-state index in [-0.39, 0.29) is 12.3 Å². The van der Waals surface area contributed by atoms with Crippen molar-refractivity contribution in [1.82, 2.24) is 4.90 Å². The summed E-state index contributed by atoms with van der Waals surface area (Å²) < 4.78 is 2.27. The molecular weight excluding hydrogens is 278 g/mol. The van der Waals surface area contributed by atoms with E-state index in [4.69, 9.17) is 5.11 Å². The quantitative estimate of drug-likeness (QED) is 0.785. The molecule has 2 aliphatic rings. The van der Waals surface area contributed by atoms with Crippen LogP contribution in [0.1, 0.15) is 18.5 Å². The topological polar surface area (TPSA) is 73.5 Å². The van der Waals surface area contributed by atoms with Gasteiger partial charge in [0.15, 0.2) is 0 Å². The molecule has 0 spiro atoms. The number of carboxylic acid groups (broad SMARTS) is 1. The third-order valence-corrected chi connectivity index (χ3v) is 4.91.